The van der Waals surface area contributed by atoms with E-state index in [1.165, 1.54) is 0 Å². The highest BCUT2D eigenvalue weighted by molar-refractivity contribution is 5.81. The van der Waals surface area contributed by atoms with Crippen molar-refractivity contribution in [2.75, 3.05) is 25.9 Å². The molecule has 1 aromatic rings. The molecule has 0 radical (unpaired) electrons. The van der Waals surface area contributed by atoms with Crippen LogP contribution in [-0.4, -0.2) is 41.9 Å². The standard InChI is InChI=1S/C15H23N3O/c1-12(15(19)18-8-3-4-9-18)17(2)11-13-6-5-7-14(16)10-13/h5-7,10,12H,3-4,8-9,11,16H2,1-2H3. The first-order chi connectivity index (χ1) is 9.08. The van der Waals surface area contributed by atoms with Gasteiger partial charge in [0.15, 0.2) is 0 Å². The highest BCUT2D eigenvalue weighted by Gasteiger charge is 2.25. The Bertz CT molecular complexity index is 441. The lowest BCUT2D eigenvalue weighted by molar-refractivity contribution is -0.135. The molecule has 4 heteroatoms. The molecule has 1 saturated heterocycles. The van der Waals surface area contributed by atoms with E-state index in [0.717, 1.165) is 43.7 Å². The molecule has 2 N–H and O–H groups in total. The minimum absolute atomic E-state index is 0.0838. The van der Waals surface area contributed by atoms with Crippen LogP contribution in [0.3, 0.4) is 0 Å². The number of likely N-dealkylation sites (N-methyl/N-ethyl adjacent to an activating group) is 1. The van der Waals surface area contributed by atoms with E-state index in [1.807, 2.05) is 43.1 Å². The molecule has 2 rings (SSSR count). The molecular formula is C15H23N3O. The van der Waals surface area contributed by atoms with Crippen molar-refractivity contribution in [2.45, 2.75) is 32.4 Å². The average Bonchev–Trinajstić information content (AvgIpc) is 2.90. The zero-order valence-electron chi connectivity index (χ0n) is 11.8. The minimum atomic E-state index is -0.0838. The van der Waals surface area contributed by atoms with Gasteiger partial charge >= 0.3 is 0 Å². The summed E-state index contributed by atoms with van der Waals surface area (Å²) < 4.78 is 0. The summed E-state index contributed by atoms with van der Waals surface area (Å²) in [6.45, 7) is 4.54. The maximum absolute atomic E-state index is 12.3. The summed E-state index contributed by atoms with van der Waals surface area (Å²) >= 11 is 0. The zero-order chi connectivity index (χ0) is 13.8. The number of hydrogen-bond donors (Lipinski definition) is 1. The van der Waals surface area contributed by atoms with Gasteiger partial charge in [0.25, 0.3) is 0 Å². The van der Waals surface area contributed by atoms with Crippen LogP contribution >= 0.6 is 0 Å². The number of nitrogens with two attached hydrogens (primary N) is 1. The first-order valence-corrected chi connectivity index (χ1v) is 6.91. The topological polar surface area (TPSA) is 49.6 Å². The van der Waals surface area contributed by atoms with Crippen LogP contribution in [0.4, 0.5) is 5.69 Å². The van der Waals surface area contributed by atoms with Gasteiger partial charge in [-0.15, -0.1) is 0 Å². The summed E-state index contributed by atoms with van der Waals surface area (Å²) in [6, 6.07) is 7.75. The second-order valence-corrected chi connectivity index (χ2v) is 5.37. The zero-order valence-corrected chi connectivity index (χ0v) is 11.8. The van der Waals surface area contributed by atoms with Gasteiger partial charge in [-0.25, -0.2) is 0 Å². The third-order valence-corrected chi connectivity index (χ3v) is 3.82. The van der Waals surface area contributed by atoms with Gasteiger partial charge in [-0.3, -0.25) is 9.69 Å². The molecule has 1 heterocycles. The number of likely N-dealkylation sites (tertiary alicyclic amines) is 1. The second-order valence-electron chi connectivity index (χ2n) is 5.37. The summed E-state index contributed by atoms with van der Waals surface area (Å²) in [4.78, 5) is 16.4. The molecule has 1 amide bonds. The van der Waals surface area contributed by atoms with Gasteiger partial charge in [-0.05, 0) is 44.5 Å². The molecule has 1 aliphatic rings. The van der Waals surface area contributed by atoms with Crippen LogP contribution < -0.4 is 5.73 Å². The summed E-state index contributed by atoms with van der Waals surface area (Å²) in [5.74, 6) is 0.240. The molecule has 1 atom stereocenters. The van der Waals surface area contributed by atoms with Gasteiger partial charge in [0.05, 0.1) is 6.04 Å². The number of anilines is 1. The number of nitrogens with zero attached hydrogens (tertiary/aromatic N) is 2. The number of carbonyl (C=O) groups is 1. The van der Waals surface area contributed by atoms with E-state index in [9.17, 15) is 4.79 Å². The van der Waals surface area contributed by atoms with Crippen molar-refractivity contribution >= 4 is 11.6 Å². The Hall–Kier alpha value is -1.55. The Labute approximate surface area is 115 Å². The van der Waals surface area contributed by atoms with E-state index >= 15 is 0 Å². The SMILES string of the molecule is CC(C(=O)N1CCCC1)N(C)Cc1cccc(N)c1. The number of hydrogen-bond acceptors (Lipinski definition) is 3. The van der Waals surface area contributed by atoms with Crippen molar-refractivity contribution in [3.63, 3.8) is 0 Å². The third-order valence-electron chi connectivity index (χ3n) is 3.82. The third kappa shape index (κ3) is 3.47. The quantitative estimate of drug-likeness (QED) is 0.839. The van der Waals surface area contributed by atoms with E-state index in [-0.39, 0.29) is 11.9 Å². The fourth-order valence-electron chi connectivity index (χ4n) is 2.51. The molecule has 0 saturated carbocycles. The molecule has 1 aromatic carbocycles. The molecular weight excluding hydrogens is 238 g/mol. The molecule has 0 aliphatic carbocycles. The number of nitrogen functional groups attached to an aromatic ring is 1. The Morgan fingerprint density at radius 3 is 2.74 bits per heavy atom. The molecule has 0 spiro atoms. The van der Waals surface area contributed by atoms with Crippen LogP contribution in [0.25, 0.3) is 0 Å². The van der Waals surface area contributed by atoms with E-state index < -0.39 is 0 Å². The van der Waals surface area contributed by atoms with E-state index in [4.69, 9.17) is 5.73 Å². The molecule has 1 fully saturated rings. The van der Waals surface area contributed by atoms with Crippen molar-refractivity contribution in [2.24, 2.45) is 0 Å². The Kier molecular flexibility index (Phi) is 4.43. The number of rotatable bonds is 4. The Morgan fingerprint density at radius 1 is 1.42 bits per heavy atom. The fraction of sp³-hybridized carbons (Fsp3) is 0.533. The Balaban J connectivity index is 1.95. The highest BCUT2D eigenvalue weighted by Crippen LogP contribution is 2.14. The van der Waals surface area contributed by atoms with Gasteiger partial charge in [-0.1, -0.05) is 12.1 Å². The maximum Gasteiger partial charge on any atom is 0.239 e. The lowest BCUT2D eigenvalue weighted by Gasteiger charge is -2.28. The molecule has 1 unspecified atom stereocenters. The van der Waals surface area contributed by atoms with E-state index in [2.05, 4.69) is 4.90 Å². The second kappa shape index (κ2) is 6.06. The molecule has 0 aromatic heterocycles. The smallest absolute Gasteiger partial charge is 0.239 e. The van der Waals surface area contributed by atoms with E-state index in [1.54, 1.807) is 0 Å². The largest absolute Gasteiger partial charge is 0.399 e. The lowest BCUT2D eigenvalue weighted by Crippen LogP contribution is -2.44. The monoisotopic (exact) mass is 261 g/mol. The van der Waals surface area contributed by atoms with Crippen LogP contribution in [0, 0.1) is 0 Å². The number of carbonyl (C=O) groups excluding carboxylic acids is 1. The highest BCUT2D eigenvalue weighted by atomic mass is 16.2. The summed E-state index contributed by atoms with van der Waals surface area (Å²) in [6.07, 6.45) is 2.27. The maximum atomic E-state index is 12.3. The van der Waals surface area contributed by atoms with Crippen molar-refractivity contribution in [1.29, 1.82) is 0 Å². The number of benzene rings is 1. The van der Waals surface area contributed by atoms with Crippen LogP contribution in [0.15, 0.2) is 24.3 Å². The predicted octanol–water partition coefficient (Wildman–Crippen LogP) is 1.71. The average molecular weight is 261 g/mol. The minimum Gasteiger partial charge on any atom is -0.399 e. The molecule has 19 heavy (non-hydrogen) atoms. The fourth-order valence-corrected chi connectivity index (χ4v) is 2.51. The van der Waals surface area contributed by atoms with Crippen LogP contribution in [0.2, 0.25) is 0 Å². The molecule has 4 nitrogen and oxygen atoms in total. The first-order valence-electron chi connectivity index (χ1n) is 6.91. The van der Waals surface area contributed by atoms with Gasteiger partial charge in [0.1, 0.15) is 0 Å². The predicted molar refractivity (Wildman–Crippen MR) is 77.6 cm³/mol. The summed E-state index contributed by atoms with van der Waals surface area (Å²) in [5.41, 5.74) is 7.69. The van der Waals surface area contributed by atoms with Gasteiger partial charge in [0.2, 0.25) is 5.91 Å². The normalized spacial score (nSPS) is 16.9. The molecule has 0 bridgehead atoms. The Morgan fingerprint density at radius 2 is 2.11 bits per heavy atom. The van der Waals surface area contributed by atoms with Crippen LogP contribution in [0.1, 0.15) is 25.3 Å². The lowest BCUT2D eigenvalue weighted by atomic mass is 10.1. The van der Waals surface area contributed by atoms with Crippen LogP contribution in [-0.2, 0) is 11.3 Å². The van der Waals surface area contributed by atoms with Gasteiger partial charge < -0.3 is 10.6 Å². The summed E-state index contributed by atoms with van der Waals surface area (Å²) in [5, 5.41) is 0. The molecule has 1 aliphatic heterocycles. The first kappa shape index (κ1) is 13.9. The number of amides is 1. The van der Waals surface area contributed by atoms with Crippen molar-refractivity contribution in [3.8, 4) is 0 Å². The van der Waals surface area contributed by atoms with Gasteiger partial charge in [-0.2, -0.15) is 0 Å². The van der Waals surface area contributed by atoms with E-state index in [0.29, 0.717) is 0 Å². The van der Waals surface area contributed by atoms with Crippen molar-refractivity contribution in [3.05, 3.63) is 29.8 Å². The van der Waals surface area contributed by atoms with Gasteiger partial charge in [0, 0.05) is 25.3 Å². The molecule has 104 valence electrons. The van der Waals surface area contributed by atoms with Crippen molar-refractivity contribution < 1.29 is 4.79 Å². The van der Waals surface area contributed by atoms with Crippen LogP contribution in [0.5, 0.6) is 0 Å². The summed E-state index contributed by atoms with van der Waals surface area (Å²) in [7, 11) is 1.99. The van der Waals surface area contributed by atoms with Crippen molar-refractivity contribution in [1.82, 2.24) is 9.80 Å².